The Hall–Kier alpha value is -0.490. The number of hydrogen-bond acceptors (Lipinski definition) is 3. The van der Waals surface area contributed by atoms with Gasteiger partial charge in [0.1, 0.15) is 5.82 Å². The zero-order valence-corrected chi connectivity index (χ0v) is 9.92. The normalized spacial score (nSPS) is 12.9. The van der Waals surface area contributed by atoms with Gasteiger partial charge in [0.15, 0.2) is 0 Å². The number of halogens is 2. The lowest BCUT2D eigenvalue weighted by Gasteiger charge is -2.12. The molecule has 5 heteroatoms. The van der Waals surface area contributed by atoms with Crippen molar-refractivity contribution in [2.75, 3.05) is 13.7 Å². The Morgan fingerprint density at radius 3 is 2.73 bits per heavy atom. The van der Waals surface area contributed by atoms with Crippen molar-refractivity contribution < 1.29 is 14.2 Å². The van der Waals surface area contributed by atoms with E-state index in [4.69, 9.17) is 15.6 Å². The number of nitrogens with two attached hydrogens (primary N) is 1. The molecule has 3 nitrogen and oxygen atoms in total. The number of ether oxygens (including phenoxy) is 1. The molecule has 0 heterocycles. The highest BCUT2D eigenvalue weighted by molar-refractivity contribution is 9.10. The van der Waals surface area contributed by atoms with E-state index in [0.29, 0.717) is 15.6 Å². The first-order chi connectivity index (χ1) is 7.10. The molecule has 1 rings (SSSR count). The van der Waals surface area contributed by atoms with Gasteiger partial charge in [-0.3, -0.25) is 0 Å². The van der Waals surface area contributed by atoms with E-state index in [1.165, 1.54) is 13.2 Å². The summed E-state index contributed by atoms with van der Waals surface area (Å²) in [4.78, 5) is 0. The number of aliphatic hydroxyl groups is 1. The van der Waals surface area contributed by atoms with Gasteiger partial charge in [-0.05, 0) is 17.7 Å². The summed E-state index contributed by atoms with van der Waals surface area (Å²) in [6.07, 6.45) is 0. The maximum atomic E-state index is 13.5. The molecule has 0 spiro atoms. The van der Waals surface area contributed by atoms with Crippen LogP contribution < -0.4 is 5.73 Å². The molecule has 1 aromatic rings. The van der Waals surface area contributed by atoms with E-state index in [0.717, 1.165) is 0 Å². The minimum atomic E-state index is -0.563. The average molecular weight is 278 g/mol. The molecule has 0 radical (unpaired) electrons. The van der Waals surface area contributed by atoms with Crippen LogP contribution in [0.2, 0.25) is 0 Å². The molecule has 0 aromatic heterocycles. The van der Waals surface area contributed by atoms with Gasteiger partial charge in [-0.15, -0.1) is 0 Å². The molecule has 15 heavy (non-hydrogen) atoms. The molecule has 0 amide bonds. The minimum absolute atomic E-state index is 0.195. The summed E-state index contributed by atoms with van der Waals surface area (Å²) in [6.45, 7) is -0.0173. The zero-order valence-electron chi connectivity index (χ0n) is 8.34. The van der Waals surface area contributed by atoms with Crippen LogP contribution >= 0.6 is 15.9 Å². The van der Waals surface area contributed by atoms with E-state index in [1.807, 2.05) is 0 Å². The highest BCUT2D eigenvalue weighted by Crippen LogP contribution is 2.25. The minimum Gasteiger partial charge on any atom is -0.394 e. The SMILES string of the molecule is COCc1c(F)cc(C(N)CO)cc1Br. The van der Waals surface area contributed by atoms with E-state index in [-0.39, 0.29) is 19.0 Å². The fourth-order valence-corrected chi connectivity index (χ4v) is 1.79. The van der Waals surface area contributed by atoms with Crippen LogP contribution in [0.4, 0.5) is 4.39 Å². The maximum absolute atomic E-state index is 13.5. The van der Waals surface area contributed by atoms with Crippen LogP contribution in [0.25, 0.3) is 0 Å². The second-order valence-electron chi connectivity index (χ2n) is 3.19. The molecule has 0 fully saturated rings. The first-order valence-corrected chi connectivity index (χ1v) is 5.22. The Balaban J connectivity index is 3.07. The van der Waals surface area contributed by atoms with Crippen molar-refractivity contribution in [3.63, 3.8) is 0 Å². The average Bonchev–Trinajstić information content (AvgIpc) is 2.22. The maximum Gasteiger partial charge on any atom is 0.130 e. The number of aliphatic hydroxyl groups excluding tert-OH is 1. The van der Waals surface area contributed by atoms with Gasteiger partial charge in [-0.1, -0.05) is 15.9 Å². The van der Waals surface area contributed by atoms with Crippen LogP contribution in [-0.4, -0.2) is 18.8 Å². The lowest BCUT2D eigenvalue weighted by Crippen LogP contribution is -2.15. The summed E-state index contributed by atoms with van der Waals surface area (Å²) in [7, 11) is 1.50. The van der Waals surface area contributed by atoms with Crippen molar-refractivity contribution in [3.05, 3.63) is 33.5 Å². The van der Waals surface area contributed by atoms with E-state index in [2.05, 4.69) is 15.9 Å². The van der Waals surface area contributed by atoms with Crippen molar-refractivity contribution in [1.82, 2.24) is 0 Å². The summed E-state index contributed by atoms with van der Waals surface area (Å²) in [5.74, 6) is -0.384. The van der Waals surface area contributed by atoms with Gasteiger partial charge < -0.3 is 15.6 Å². The highest BCUT2D eigenvalue weighted by atomic mass is 79.9. The largest absolute Gasteiger partial charge is 0.394 e. The molecular weight excluding hydrogens is 265 g/mol. The van der Waals surface area contributed by atoms with Crippen molar-refractivity contribution in [2.24, 2.45) is 5.73 Å². The Bertz CT molecular complexity index is 323. The van der Waals surface area contributed by atoms with E-state index in [9.17, 15) is 4.39 Å². The molecule has 0 bridgehead atoms. The van der Waals surface area contributed by atoms with Crippen LogP contribution in [0.1, 0.15) is 17.2 Å². The standard InChI is InChI=1S/C10H13BrFNO2/c1-15-5-7-8(11)2-6(3-9(7)12)10(13)4-14/h2-3,10,14H,4-5,13H2,1H3. The van der Waals surface area contributed by atoms with Gasteiger partial charge in [-0.25, -0.2) is 4.39 Å². The number of hydrogen-bond donors (Lipinski definition) is 2. The van der Waals surface area contributed by atoms with Crippen LogP contribution in [0.3, 0.4) is 0 Å². The number of rotatable bonds is 4. The Morgan fingerprint density at radius 2 is 2.27 bits per heavy atom. The van der Waals surface area contributed by atoms with E-state index in [1.54, 1.807) is 6.07 Å². The quantitative estimate of drug-likeness (QED) is 0.881. The fraction of sp³-hybridized carbons (Fsp3) is 0.400. The third-order valence-corrected chi connectivity index (χ3v) is 2.78. The third-order valence-electron chi connectivity index (χ3n) is 2.08. The molecule has 3 N–H and O–H groups in total. The lowest BCUT2D eigenvalue weighted by molar-refractivity contribution is 0.180. The van der Waals surface area contributed by atoms with Crippen molar-refractivity contribution >= 4 is 15.9 Å². The zero-order chi connectivity index (χ0) is 11.4. The molecule has 84 valence electrons. The number of methoxy groups -OCH3 is 1. The first-order valence-electron chi connectivity index (χ1n) is 4.43. The molecule has 1 aromatic carbocycles. The Morgan fingerprint density at radius 1 is 1.60 bits per heavy atom. The monoisotopic (exact) mass is 277 g/mol. The molecule has 1 unspecified atom stereocenters. The van der Waals surface area contributed by atoms with E-state index >= 15 is 0 Å². The third kappa shape index (κ3) is 2.98. The number of benzene rings is 1. The van der Waals surface area contributed by atoms with Crippen LogP contribution in [0, 0.1) is 5.82 Å². The molecule has 1 atom stereocenters. The van der Waals surface area contributed by atoms with Crippen LogP contribution in [-0.2, 0) is 11.3 Å². The second kappa shape index (κ2) is 5.55. The van der Waals surface area contributed by atoms with Crippen LogP contribution in [0.15, 0.2) is 16.6 Å². The Kier molecular flexibility index (Phi) is 4.66. The smallest absolute Gasteiger partial charge is 0.130 e. The van der Waals surface area contributed by atoms with Crippen molar-refractivity contribution in [3.8, 4) is 0 Å². The van der Waals surface area contributed by atoms with Gasteiger partial charge in [0.2, 0.25) is 0 Å². The lowest BCUT2D eigenvalue weighted by atomic mass is 10.1. The first kappa shape index (κ1) is 12.6. The summed E-state index contributed by atoms with van der Waals surface area (Å²) >= 11 is 3.24. The van der Waals surface area contributed by atoms with E-state index < -0.39 is 6.04 Å². The second-order valence-corrected chi connectivity index (χ2v) is 4.04. The van der Waals surface area contributed by atoms with Crippen molar-refractivity contribution in [2.45, 2.75) is 12.6 Å². The van der Waals surface area contributed by atoms with Gasteiger partial charge in [0, 0.05) is 17.1 Å². The topological polar surface area (TPSA) is 55.5 Å². The van der Waals surface area contributed by atoms with Gasteiger partial charge in [0.25, 0.3) is 0 Å². The molecule has 0 aliphatic rings. The summed E-state index contributed by atoms with van der Waals surface area (Å²) in [5, 5.41) is 8.86. The molecule has 0 aliphatic carbocycles. The van der Waals surface area contributed by atoms with Crippen molar-refractivity contribution in [1.29, 1.82) is 0 Å². The molecule has 0 aliphatic heterocycles. The fourth-order valence-electron chi connectivity index (χ4n) is 1.22. The summed E-state index contributed by atoms with van der Waals surface area (Å²) < 4.78 is 19.0. The predicted molar refractivity (Wildman–Crippen MR) is 58.8 cm³/mol. The summed E-state index contributed by atoms with van der Waals surface area (Å²) in [6, 6.07) is 2.45. The molecule has 0 saturated carbocycles. The van der Waals surface area contributed by atoms with Gasteiger partial charge in [0.05, 0.1) is 19.3 Å². The molecular formula is C10H13BrFNO2. The molecule has 0 saturated heterocycles. The predicted octanol–water partition coefficient (Wildman–Crippen LogP) is 1.73. The van der Waals surface area contributed by atoms with Gasteiger partial charge in [-0.2, -0.15) is 0 Å². The Labute approximate surface area is 96.2 Å². The summed E-state index contributed by atoms with van der Waals surface area (Å²) in [5.41, 5.74) is 6.59. The highest BCUT2D eigenvalue weighted by Gasteiger charge is 2.12. The van der Waals surface area contributed by atoms with Crippen LogP contribution in [0.5, 0.6) is 0 Å². The van der Waals surface area contributed by atoms with Gasteiger partial charge >= 0.3 is 0 Å².